The van der Waals surface area contributed by atoms with Crippen LogP contribution in [0.25, 0.3) is 10.2 Å². The molecule has 3 aromatic rings. The van der Waals surface area contributed by atoms with Crippen molar-refractivity contribution in [1.82, 2.24) is 14.9 Å². The molecule has 3 heterocycles. The number of nitrogens with one attached hydrogen (secondary N) is 1. The number of amides is 2. The summed E-state index contributed by atoms with van der Waals surface area (Å²) in [6, 6.07) is 4.99. The molecule has 6 nitrogen and oxygen atoms in total. The molecule has 0 radical (unpaired) electrons. The van der Waals surface area contributed by atoms with E-state index < -0.39 is 0 Å². The molecule has 5 rings (SSSR count). The van der Waals surface area contributed by atoms with Crippen LogP contribution in [0.15, 0.2) is 18.2 Å². The molecule has 2 amide bonds. The number of thiophene rings is 1. The first-order valence-electron chi connectivity index (χ1n) is 12.0. The molecule has 1 atom stereocenters. The number of benzene rings is 1. The monoisotopic (exact) mass is 517 g/mol. The predicted molar refractivity (Wildman–Crippen MR) is 142 cm³/mol. The lowest BCUT2D eigenvalue weighted by atomic mass is 9.89. The van der Waals surface area contributed by atoms with Crippen LogP contribution in [0.3, 0.4) is 0 Å². The van der Waals surface area contributed by atoms with Crippen molar-refractivity contribution >= 4 is 62.3 Å². The highest BCUT2D eigenvalue weighted by molar-refractivity contribution is 7.19. The van der Waals surface area contributed by atoms with Gasteiger partial charge in [0.05, 0.1) is 15.4 Å². The number of carbonyl (C=O) groups excluding carboxylic acids is 1. The standard InChI is InChI=1S/C25H29Cl2N5OS/c1-3-4-21-29-23(22-17-7-5-15(2)13-20(17)34-24(22)30-21)31-9-11-32(12-10-31)25(33)28-16-6-8-18(26)19(27)14-16/h6,8,14-15H,3-5,7,9-13H2,1-2H3,(H,28,33). The van der Waals surface area contributed by atoms with Crippen molar-refractivity contribution < 1.29 is 4.79 Å². The number of aryl methyl sites for hydroxylation is 2. The molecule has 180 valence electrons. The second-order valence-electron chi connectivity index (χ2n) is 9.28. The minimum atomic E-state index is -0.126. The third-order valence-corrected chi connectivity index (χ3v) is 8.58. The second kappa shape index (κ2) is 9.88. The highest BCUT2D eigenvalue weighted by Crippen LogP contribution is 2.41. The quantitative estimate of drug-likeness (QED) is 0.433. The number of carbonyl (C=O) groups is 1. The molecule has 0 saturated carbocycles. The van der Waals surface area contributed by atoms with E-state index in [1.807, 2.05) is 16.2 Å². The topological polar surface area (TPSA) is 61.4 Å². The first-order valence-corrected chi connectivity index (χ1v) is 13.6. The molecule has 2 aromatic heterocycles. The summed E-state index contributed by atoms with van der Waals surface area (Å²) in [7, 11) is 0. The van der Waals surface area contributed by atoms with Crippen LogP contribution in [0.2, 0.25) is 10.0 Å². The highest BCUT2D eigenvalue weighted by Gasteiger charge is 2.28. The van der Waals surface area contributed by atoms with Crippen LogP contribution in [-0.2, 0) is 19.3 Å². The number of nitrogens with zero attached hydrogens (tertiary/aromatic N) is 4. The Bertz CT molecular complexity index is 1220. The smallest absolute Gasteiger partial charge is 0.321 e. The van der Waals surface area contributed by atoms with Gasteiger partial charge < -0.3 is 15.1 Å². The van der Waals surface area contributed by atoms with Gasteiger partial charge in [0.25, 0.3) is 0 Å². The van der Waals surface area contributed by atoms with Gasteiger partial charge in [-0.25, -0.2) is 14.8 Å². The molecule has 1 aromatic carbocycles. The van der Waals surface area contributed by atoms with Gasteiger partial charge in [-0.2, -0.15) is 0 Å². The lowest BCUT2D eigenvalue weighted by Crippen LogP contribution is -2.50. The molecule has 0 spiro atoms. The van der Waals surface area contributed by atoms with Crippen LogP contribution < -0.4 is 10.2 Å². The molecule has 34 heavy (non-hydrogen) atoms. The van der Waals surface area contributed by atoms with Crippen molar-refractivity contribution in [2.24, 2.45) is 5.92 Å². The number of hydrogen-bond acceptors (Lipinski definition) is 5. The van der Waals surface area contributed by atoms with E-state index in [-0.39, 0.29) is 6.03 Å². The fourth-order valence-electron chi connectivity index (χ4n) is 4.83. The van der Waals surface area contributed by atoms with E-state index in [4.69, 9.17) is 33.2 Å². The largest absolute Gasteiger partial charge is 0.352 e. The van der Waals surface area contributed by atoms with Crippen molar-refractivity contribution in [2.45, 2.75) is 46.0 Å². The van der Waals surface area contributed by atoms with Gasteiger partial charge in [0.2, 0.25) is 0 Å². The maximum absolute atomic E-state index is 12.8. The zero-order chi connectivity index (χ0) is 23.8. The number of rotatable bonds is 4. The first-order chi connectivity index (χ1) is 16.4. The normalized spacial score (nSPS) is 18.3. The number of urea groups is 1. The van der Waals surface area contributed by atoms with Crippen molar-refractivity contribution in [3.63, 3.8) is 0 Å². The second-order valence-corrected chi connectivity index (χ2v) is 11.2. The molecule has 1 aliphatic heterocycles. The fourth-order valence-corrected chi connectivity index (χ4v) is 6.52. The molecule has 1 unspecified atom stereocenters. The highest BCUT2D eigenvalue weighted by atomic mass is 35.5. The van der Waals surface area contributed by atoms with Crippen LogP contribution >= 0.6 is 34.5 Å². The third kappa shape index (κ3) is 4.70. The summed E-state index contributed by atoms with van der Waals surface area (Å²) < 4.78 is 0. The van der Waals surface area contributed by atoms with Crippen molar-refractivity contribution in [2.75, 3.05) is 36.4 Å². The van der Waals surface area contributed by atoms with Crippen molar-refractivity contribution in [3.8, 4) is 0 Å². The summed E-state index contributed by atoms with van der Waals surface area (Å²) in [5, 5.41) is 5.08. The maximum Gasteiger partial charge on any atom is 0.321 e. The number of piperazine rings is 1. The van der Waals surface area contributed by atoms with Gasteiger partial charge in [0.15, 0.2) is 0 Å². The number of halogens is 2. The van der Waals surface area contributed by atoms with E-state index in [0.29, 0.717) is 28.8 Å². The van der Waals surface area contributed by atoms with Crippen LogP contribution in [0.1, 0.15) is 43.0 Å². The van der Waals surface area contributed by atoms with E-state index in [9.17, 15) is 4.79 Å². The van der Waals surface area contributed by atoms with Gasteiger partial charge in [0, 0.05) is 43.2 Å². The van der Waals surface area contributed by atoms with E-state index in [1.165, 1.54) is 22.2 Å². The van der Waals surface area contributed by atoms with E-state index in [0.717, 1.165) is 61.2 Å². The molecule has 0 bridgehead atoms. The van der Waals surface area contributed by atoms with Crippen LogP contribution in [-0.4, -0.2) is 47.1 Å². The third-order valence-electron chi connectivity index (χ3n) is 6.69. The fraction of sp³-hybridized carbons (Fsp3) is 0.480. The van der Waals surface area contributed by atoms with Crippen LogP contribution in [0, 0.1) is 5.92 Å². The van der Waals surface area contributed by atoms with Gasteiger partial charge in [-0.05, 0) is 55.4 Å². The van der Waals surface area contributed by atoms with E-state index in [2.05, 4.69) is 24.1 Å². The van der Waals surface area contributed by atoms with E-state index >= 15 is 0 Å². The number of hydrogen-bond donors (Lipinski definition) is 1. The van der Waals surface area contributed by atoms with Crippen molar-refractivity contribution in [3.05, 3.63) is 44.5 Å². The Kier molecular flexibility index (Phi) is 6.87. The SMILES string of the molecule is CCCc1nc(N2CCN(C(=O)Nc3ccc(Cl)c(Cl)c3)CC2)c2c3c(sc2n1)CC(C)CC3. The molecule has 2 aliphatic rings. The minimum absolute atomic E-state index is 0.126. The number of anilines is 2. The first kappa shape index (κ1) is 23.6. The Morgan fingerprint density at radius 3 is 2.71 bits per heavy atom. The average Bonchev–Trinajstić information content (AvgIpc) is 3.18. The van der Waals surface area contributed by atoms with Crippen molar-refractivity contribution in [1.29, 1.82) is 0 Å². The molecule has 1 aliphatic carbocycles. The van der Waals surface area contributed by atoms with Crippen LogP contribution in [0.5, 0.6) is 0 Å². The summed E-state index contributed by atoms with van der Waals surface area (Å²) in [6.07, 6.45) is 5.37. The maximum atomic E-state index is 12.8. The summed E-state index contributed by atoms with van der Waals surface area (Å²) >= 11 is 13.9. The summed E-state index contributed by atoms with van der Waals surface area (Å²) in [4.78, 5) is 29.6. The average molecular weight is 519 g/mol. The van der Waals surface area contributed by atoms with Gasteiger partial charge >= 0.3 is 6.03 Å². The lowest BCUT2D eigenvalue weighted by molar-refractivity contribution is 0.208. The molecular weight excluding hydrogens is 489 g/mol. The Balaban J connectivity index is 1.35. The molecular formula is C25H29Cl2N5OS. The summed E-state index contributed by atoms with van der Waals surface area (Å²) in [5.41, 5.74) is 2.10. The van der Waals surface area contributed by atoms with Gasteiger partial charge in [0.1, 0.15) is 16.5 Å². The zero-order valence-corrected chi connectivity index (χ0v) is 21.9. The molecule has 9 heteroatoms. The van der Waals surface area contributed by atoms with E-state index in [1.54, 1.807) is 18.2 Å². The lowest BCUT2D eigenvalue weighted by Gasteiger charge is -2.36. The molecule has 1 saturated heterocycles. The molecule has 1 fully saturated rings. The Morgan fingerprint density at radius 2 is 1.97 bits per heavy atom. The van der Waals surface area contributed by atoms with Gasteiger partial charge in [-0.1, -0.05) is 37.0 Å². The predicted octanol–water partition coefficient (Wildman–Crippen LogP) is 6.43. The Labute approximate surface area is 214 Å². The Morgan fingerprint density at radius 1 is 1.18 bits per heavy atom. The van der Waals surface area contributed by atoms with Crippen LogP contribution in [0.4, 0.5) is 16.3 Å². The number of aromatic nitrogens is 2. The summed E-state index contributed by atoms with van der Waals surface area (Å²) in [6.45, 7) is 7.25. The number of fused-ring (bicyclic) bond motifs is 3. The zero-order valence-electron chi connectivity index (χ0n) is 19.5. The summed E-state index contributed by atoms with van der Waals surface area (Å²) in [5.74, 6) is 2.71. The molecule has 1 N–H and O–H groups in total. The van der Waals surface area contributed by atoms with Gasteiger partial charge in [-0.3, -0.25) is 0 Å². The minimum Gasteiger partial charge on any atom is -0.352 e. The Hall–Kier alpha value is -2.09. The van der Waals surface area contributed by atoms with Gasteiger partial charge in [-0.15, -0.1) is 11.3 Å².